The fraction of sp³-hybridized carbons (Fsp3) is 0.370. The number of carbonyl (C=O) groups is 3. The van der Waals surface area contributed by atoms with Gasteiger partial charge in [0, 0.05) is 19.5 Å². The molecule has 0 radical (unpaired) electrons. The van der Waals surface area contributed by atoms with E-state index in [9.17, 15) is 19.5 Å². The van der Waals surface area contributed by atoms with E-state index >= 15 is 0 Å². The molecule has 0 heterocycles. The Kier molecular flexibility index (Phi) is 7.30. The number of aliphatic carboxylic acids is 1. The summed E-state index contributed by atoms with van der Waals surface area (Å²) >= 11 is 0. The lowest BCUT2D eigenvalue weighted by atomic mass is 9.94. The Bertz CT molecular complexity index is 1050. The molecule has 7 heteroatoms. The first kappa shape index (κ1) is 23.5. The van der Waals surface area contributed by atoms with Crippen LogP contribution in [0.25, 0.3) is 11.1 Å². The minimum atomic E-state index is -1.18. The molecule has 0 saturated heterocycles. The number of nitrogens with one attached hydrogen (secondary N) is 1. The number of ether oxygens (including phenoxy) is 1. The van der Waals surface area contributed by atoms with Crippen LogP contribution in [-0.4, -0.2) is 54.2 Å². The highest BCUT2D eigenvalue weighted by molar-refractivity contribution is 5.89. The van der Waals surface area contributed by atoms with E-state index in [4.69, 9.17) is 4.74 Å². The van der Waals surface area contributed by atoms with Crippen LogP contribution < -0.4 is 5.32 Å². The lowest BCUT2D eigenvalue weighted by molar-refractivity contribution is -0.142. The van der Waals surface area contributed by atoms with E-state index < -0.39 is 30.4 Å². The normalized spacial score (nSPS) is 17.4. The minimum absolute atomic E-state index is 0.0953. The fourth-order valence-corrected chi connectivity index (χ4v) is 4.92. The maximum atomic E-state index is 12.9. The quantitative estimate of drug-likeness (QED) is 0.574. The SMILES string of the molecule is CN(CC1CC=CCC1)C(=O)C(CC(=O)O)NC(=O)OCC1c2ccccc2-c2ccccc21. The van der Waals surface area contributed by atoms with E-state index in [1.807, 2.05) is 48.5 Å². The predicted octanol–water partition coefficient (Wildman–Crippen LogP) is 4.18. The topological polar surface area (TPSA) is 95.9 Å². The summed E-state index contributed by atoms with van der Waals surface area (Å²) in [6.45, 7) is 0.615. The maximum Gasteiger partial charge on any atom is 0.407 e. The molecule has 4 rings (SSSR count). The van der Waals surface area contributed by atoms with Crippen molar-refractivity contribution >= 4 is 18.0 Å². The Hall–Kier alpha value is -3.61. The summed E-state index contributed by atoms with van der Waals surface area (Å²) in [6.07, 6.45) is 5.79. The molecule has 2 N–H and O–H groups in total. The van der Waals surface area contributed by atoms with Gasteiger partial charge in [0.05, 0.1) is 6.42 Å². The van der Waals surface area contributed by atoms with Gasteiger partial charge in [-0.3, -0.25) is 9.59 Å². The molecule has 2 atom stereocenters. The van der Waals surface area contributed by atoms with Crippen LogP contribution in [0.15, 0.2) is 60.7 Å². The molecule has 0 fully saturated rings. The third kappa shape index (κ3) is 5.30. The van der Waals surface area contributed by atoms with Gasteiger partial charge in [0.2, 0.25) is 5.91 Å². The van der Waals surface area contributed by atoms with Crippen molar-refractivity contribution in [3.63, 3.8) is 0 Å². The van der Waals surface area contributed by atoms with Crippen molar-refractivity contribution in [2.24, 2.45) is 5.92 Å². The van der Waals surface area contributed by atoms with Gasteiger partial charge in [0.15, 0.2) is 0 Å². The van der Waals surface area contributed by atoms with Gasteiger partial charge >= 0.3 is 12.1 Å². The Morgan fingerprint density at radius 3 is 2.29 bits per heavy atom. The number of rotatable bonds is 8. The second-order valence-corrected chi connectivity index (χ2v) is 8.99. The van der Waals surface area contributed by atoms with Crippen LogP contribution in [0.2, 0.25) is 0 Å². The number of allylic oxidation sites excluding steroid dienone is 2. The number of alkyl carbamates (subject to hydrolysis) is 1. The molecule has 2 aliphatic carbocycles. The maximum absolute atomic E-state index is 12.9. The van der Waals surface area contributed by atoms with Crippen molar-refractivity contribution in [3.8, 4) is 11.1 Å². The first-order valence-electron chi connectivity index (χ1n) is 11.7. The summed E-state index contributed by atoms with van der Waals surface area (Å²) < 4.78 is 5.51. The molecule has 0 aromatic heterocycles. The number of fused-ring (bicyclic) bond motifs is 3. The van der Waals surface area contributed by atoms with Crippen LogP contribution in [0, 0.1) is 5.92 Å². The molecule has 0 saturated carbocycles. The highest BCUT2D eigenvalue weighted by Gasteiger charge is 2.31. The van der Waals surface area contributed by atoms with Gasteiger partial charge in [-0.25, -0.2) is 4.79 Å². The second-order valence-electron chi connectivity index (χ2n) is 8.99. The summed E-state index contributed by atoms with van der Waals surface area (Å²) in [6, 6.07) is 14.8. The largest absolute Gasteiger partial charge is 0.481 e. The number of nitrogens with zero attached hydrogens (tertiary/aromatic N) is 1. The zero-order valence-electron chi connectivity index (χ0n) is 19.3. The van der Waals surface area contributed by atoms with Gasteiger partial charge < -0.3 is 20.1 Å². The number of likely N-dealkylation sites (N-methyl/N-ethyl adjacent to an activating group) is 1. The summed E-state index contributed by atoms with van der Waals surface area (Å²) in [5.41, 5.74) is 4.39. The Balaban J connectivity index is 1.39. The van der Waals surface area contributed by atoms with Gasteiger partial charge in [0.25, 0.3) is 0 Å². The van der Waals surface area contributed by atoms with Crippen molar-refractivity contribution in [2.75, 3.05) is 20.2 Å². The van der Waals surface area contributed by atoms with E-state index in [-0.39, 0.29) is 12.5 Å². The summed E-state index contributed by atoms with van der Waals surface area (Å²) in [5, 5.41) is 11.8. The van der Waals surface area contributed by atoms with Gasteiger partial charge in [-0.15, -0.1) is 0 Å². The molecule has 34 heavy (non-hydrogen) atoms. The molecule has 2 amide bonds. The monoisotopic (exact) mass is 462 g/mol. The van der Waals surface area contributed by atoms with Crippen LogP contribution in [0.1, 0.15) is 42.7 Å². The van der Waals surface area contributed by atoms with Crippen LogP contribution in [0.4, 0.5) is 4.79 Å². The van der Waals surface area contributed by atoms with Crippen LogP contribution in [0.3, 0.4) is 0 Å². The summed E-state index contributed by atoms with van der Waals surface area (Å²) in [7, 11) is 1.65. The first-order chi connectivity index (χ1) is 16.4. The zero-order valence-corrected chi connectivity index (χ0v) is 19.3. The van der Waals surface area contributed by atoms with E-state index in [1.54, 1.807) is 7.05 Å². The molecule has 7 nitrogen and oxygen atoms in total. The molecular weight excluding hydrogens is 432 g/mol. The molecule has 2 aromatic carbocycles. The third-order valence-electron chi connectivity index (χ3n) is 6.60. The lowest BCUT2D eigenvalue weighted by Crippen LogP contribution is -2.49. The molecule has 0 spiro atoms. The Labute approximate surface area is 199 Å². The number of hydrogen-bond donors (Lipinski definition) is 2. The molecule has 2 unspecified atom stereocenters. The average molecular weight is 463 g/mol. The highest BCUT2D eigenvalue weighted by Crippen LogP contribution is 2.44. The Morgan fingerprint density at radius 2 is 1.71 bits per heavy atom. The van der Waals surface area contributed by atoms with E-state index in [0.29, 0.717) is 12.5 Å². The van der Waals surface area contributed by atoms with Gasteiger partial charge in [-0.2, -0.15) is 0 Å². The van der Waals surface area contributed by atoms with Gasteiger partial charge in [-0.1, -0.05) is 60.7 Å². The van der Waals surface area contributed by atoms with Crippen LogP contribution >= 0.6 is 0 Å². The highest BCUT2D eigenvalue weighted by atomic mass is 16.5. The second kappa shape index (κ2) is 10.5. The number of amides is 2. The average Bonchev–Trinajstić information content (AvgIpc) is 3.16. The zero-order chi connectivity index (χ0) is 24.1. The van der Waals surface area contributed by atoms with E-state index in [0.717, 1.165) is 41.5 Å². The van der Waals surface area contributed by atoms with E-state index in [2.05, 4.69) is 17.5 Å². The van der Waals surface area contributed by atoms with Crippen molar-refractivity contribution in [1.29, 1.82) is 0 Å². The van der Waals surface area contributed by atoms with Crippen molar-refractivity contribution < 1.29 is 24.2 Å². The first-order valence-corrected chi connectivity index (χ1v) is 11.7. The number of carboxylic acid groups (broad SMARTS) is 1. The molecule has 178 valence electrons. The molecule has 0 aliphatic heterocycles. The summed E-state index contributed by atoms with van der Waals surface area (Å²) in [4.78, 5) is 38.5. The molecule has 2 aliphatic rings. The van der Waals surface area contributed by atoms with Crippen molar-refractivity contribution in [2.45, 2.75) is 37.6 Å². The van der Waals surface area contributed by atoms with Crippen LogP contribution in [0.5, 0.6) is 0 Å². The standard InChI is InChI=1S/C27H30N2O5/c1-29(16-18-9-3-2-4-10-18)26(32)24(15-25(30)31)28-27(33)34-17-23-21-13-7-5-11-19(21)20-12-6-8-14-22(20)23/h2-3,5-8,11-14,18,23-24H,4,9-10,15-17H2,1H3,(H,28,33)(H,30,31). The lowest BCUT2D eigenvalue weighted by Gasteiger charge is -2.28. The predicted molar refractivity (Wildman–Crippen MR) is 128 cm³/mol. The van der Waals surface area contributed by atoms with Gasteiger partial charge in [0.1, 0.15) is 12.6 Å². The smallest absolute Gasteiger partial charge is 0.407 e. The molecular formula is C27H30N2O5. The minimum Gasteiger partial charge on any atom is -0.481 e. The summed E-state index contributed by atoms with van der Waals surface area (Å²) in [5.74, 6) is -1.37. The number of carboxylic acids is 1. The van der Waals surface area contributed by atoms with Crippen molar-refractivity contribution in [1.82, 2.24) is 10.2 Å². The number of carbonyl (C=O) groups excluding carboxylic acids is 2. The van der Waals surface area contributed by atoms with Crippen LogP contribution in [-0.2, 0) is 14.3 Å². The Morgan fingerprint density at radius 1 is 1.06 bits per heavy atom. The number of hydrogen-bond acceptors (Lipinski definition) is 4. The molecule has 2 aromatic rings. The van der Waals surface area contributed by atoms with Crippen molar-refractivity contribution in [3.05, 3.63) is 71.8 Å². The number of benzene rings is 2. The molecule has 0 bridgehead atoms. The fourth-order valence-electron chi connectivity index (χ4n) is 4.92. The van der Waals surface area contributed by atoms with Gasteiger partial charge in [-0.05, 0) is 47.4 Å². The third-order valence-corrected chi connectivity index (χ3v) is 6.60. The van der Waals surface area contributed by atoms with E-state index in [1.165, 1.54) is 4.90 Å².